The number of hydrogen-bond acceptors (Lipinski definition) is 2. The van der Waals surface area contributed by atoms with Crippen LogP contribution in [0, 0.1) is 11.8 Å². The fourth-order valence-corrected chi connectivity index (χ4v) is 2.23. The van der Waals surface area contributed by atoms with E-state index in [1.165, 1.54) is 0 Å². The molecule has 1 aromatic carbocycles. The molecule has 0 heterocycles. The Balaban J connectivity index is 2.20. The van der Waals surface area contributed by atoms with Gasteiger partial charge in [-0.3, -0.25) is 4.79 Å². The molecule has 2 atom stereocenters. The van der Waals surface area contributed by atoms with Crippen molar-refractivity contribution in [2.75, 3.05) is 5.73 Å². The average Bonchev–Trinajstić information content (AvgIpc) is 2.95. The fraction of sp³-hybridized carbons (Fsp3) is 0.417. The van der Waals surface area contributed by atoms with E-state index < -0.39 is 0 Å². The van der Waals surface area contributed by atoms with Crippen molar-refractivity contribution in [2.24, 2.45) is 11.8 Å². The third-order valence-corrected chi connectivity index (χ3v) is 3.36. The highest BCUT2D eigenvalue weighted by molar-refractivity contribution is 6.34. The molecule has 2 rings (SSSR count). The SMILES string of the molecule is CC[C@@H]1C[C@H]1C(=O)c1ccc(N)cc1Cl. The zero-order valence-electron chi connectivity index (χ0n) is 8.66. The molecular weight excluding hydrogens is 210 g/mol. The number of benzene rings is 1. The van der Waals surface area contributed by atoms with Gasteiger partial charge in [0.25, 0.3) is 0 Å². The summed E-state index contributed by atoms with van der Waals surface area (Å²) < 4.78 is 0. The number of ketones is 1. The predicted molar refractivity (Wildman–Crippen MR) is 62.1 cm³/mol. The molecule has 3 heteroatoms. The number of rotatable bonds is 3. The van der Waals surface area contributed by atoms with E-state index in [4.69, 9.17) is 17.3 Å². The Morgan fingerprint density at radius 2 is 2.33 bits per heavy atom. The van der Waals surface area contributed by atoms with E-state index in [2.05, 4.69) is 6.92 Å². The number of hydrogen-bond donors (Lipinski definition) is 1. The Labute approximate surface area is 94.4 Å². The third kappa shape index (κ3) is 2.00. The van der Waals surface area contributed by atoms with Crippen LogP contribution < -0.4 is 5.73 Å². The van der Waals surface area contributed by atoms with Gasteiger partial charge in [-0.15, -0.1) is 0 Å². The van der Waals surface area contributed by atoms with Crippen LogP contribution in [0.4, 0.5) is 5.69 Å². The predicted octanol–water partition coefficient (Wildman–Crippen LogP) is 3.15. The van der Waals surface area contributed by atoms with Crippen molar-refractivity contribution in [3.05, 3.63) is 28.8 Å². The van der Waals surface area contributed by atoms with Gasteiger partial charge in [0.15, 0.2) is 5.78 Å². The van der Waals surface area contributed by atoms with Crippen molar-refractivity contribution < 1.29 is 4.79 Å². The highest BCUT2D eigenvalue weighted by Crippen LogP contribution is 2.44. The van der Waals surface area contributed by atoms with Crippen LogP contribution in [0.3, 0.4) is 0 Å². The molecule has 2 N–H and O–H groups in total. The molecule has 2 nitrogen and oxygen atoms in total. The quantitative estimate of drug-likeness (QED) is 0.632. The Bertz CT molecular complexity index is 403. The molecule has 0 spiro atoms. The van der Waals surface area contributed by atoms with Crippen LogP contribution >= 0.6 is 11.6 Å². The first-order chi connectivity index (χ1) is 7.13. The summed E-state index contributed by atoms with van der Waals surface area (Å²) >= 11 is 5.99. The Morgan fingerprint density at radius 1 is 1.60 bits per heavy atom. The Kier molecular flexibility index (Phi) is 2.70. The van der Waals surface area contributed by atoms with Crippen molar-refractivity contribution in [3.63, 3.8) is 0 Å². The molecular formula is C12H14ClNO. The molecule has 0 radical (unpaired) electrons. The minimum atomic E-state index is 0.173. The number of nitrogen functional groups attached to an aromatic ring is 1. The van der Waals surface area contributed by atoms with E-state index in [0.29, 0.717) is 22.2 Å². The highest BCUT2D eigenvalue weighted by Gasteiger charge is 2.41. The molecule has 1 aromatic rings. The van der Waals surface area contributed by atoms with Gasteiger partial charge in [-0.2, -0.15) is 0 Å². The highest BCUT2D eigenvalue weighted by atomic mass is 35.5. The van der Waals surface area contributed by atoms with Gasteiger partial charge in [-0.25, -0.2) is 0 Å². The molecule has 1 fully saturated rings. The normalized spacial score (nSPS) is 23.9. The molecule has 80 valence electrons. The number of anilines is 1. The van der Waals surface area contributed by atoms with Crippen LogP contribution in [-0.2, 0) is 0 Å². The smallest absolute Gasteiger partial charge is 0.167 e. The molecule has 0 amide bonds. The second-order valence-electron chi connectivity index (χ2n) is 4.11. The first kappa shape index (κ1) is 10.5. The lowest BCUT2D eigenvalue weighted by atomic mass is 10.0. The summed E-state index contributed by atoms with van der Waals surface area (Å²) in [6.45, 7) is 2.11. The summed E-state index contributed by atoms with van der Waals surface area (Å²) in [7, 11) is 0. The van der Waals surface area contributed by atoms with Crippen molar-refractivity contribution >= 4 is 23.1 Å². The van der Waals surface area contributed by atoms with Crippen LogP contribution in [-0.4, -0.2) is 5.78 Å². The molecule has 15 heavy (non-hydrogen) atoms. The monoisotopic (exact) mass is 223 g/mol. The van der Waals surface area contributed by atoms with Gasteiger partial charge in [-0.05, 0) is 30.5 Å². The summed E-state index contributed by atoms with van der Waals surface area (Å²) in [5, 5.41) is 0.474. The maximum atomic E-state index is 12.0. The van der Waals surface area contributed by atoms with E-state index >= 15 is 0 Å². The minimum absolute atomic E-state index is 0.173. The lowest BCUT2D eigenvalue weighted by Gasteiger charge is -2.03. The molecule has 0 saturated heterocycles. The van der Waals surface area contributed by atoms with Gasteiger partial charge in [0.2, 0.25) is 0 Å². The van der Waals surface area contributed by atoms with Crippen LogP contribution in [0.5, 0.6) is 0 Å². The van der Waals surface area contributed by atoms with Gasteiger partial charge in [0, 0.05) is 17.2 Å². The average molecular weight is 224 g/mol. The zero-order chi connectivity index (χ0) is 11.0. The van der Waals surface area contributed by atoms with E-state index in [1.807, 2.05) is 0 Å². The van der Waals surface area contributed by atoms with Gasteiger partial charge in [-0.1, -0.05) is 24.9 Å². The fourth-order valence-electron chi connectivity index (χ4n) is 1.95. The topological polar surface area (TPSA) is 43.1 Å². The second-order valence-corrected chi connectivity index (χ2v) is 4.52. The summed E-state index contributed by atoms with van der Waals surface area (Å²) in [5.74, 6) is 0.925. The van der Waals surface area contributed by atoms with Gasteiger partial charge in [0.05, 0.1) is 5.02 Å². The molecule has 1 aliphatic carbocycles. The van der Waals surface area contributed by atoms with Gasteiger partial charge >= 0.3 is 0 Å². The minimum Gasteiger partial charge on any atom is -0.399 e. The summed E-state index contributed by atoms with van der Waals surface area (Å²) in [6, 6.07) is 5.09. The molecule has 1 saturated carbocycles. The van der Waals surface area contributed by atoms with Crippen molar-refractivity contribution in [3.8, 4) is 0 Å². The lowest BCUT2D eigenvalue weighted by Crippen LogP contribution is -2.04. The first-order valence-corrected chi connectivity index (χ1v) is 5.60. The lowest BCUT2D eigenvalue weighted by molar-refractivity contribution is 0.0961. The van der Waals surface area contributed by atoms with E-state index in [1.54, 1.807) is 18.2 Å². The van der Waals surface area contributed by atoms with Gasteiger partial charge in [0.1, 0.15) is 0 Å². The summed E-state index contributed by atoms with van der Waals surface area (Å²) in [4.78, 5) is 12.0. The van der Waals surface area contributed by atoms with E-state index in [9.17, 15) is 4.79 Å². The molecule has 0 unspecified atom stereocenters. The maximum absolute atomic E-state index is 12.0. The van der Waals surface area contributed by atoms with E-state index in [0.717, 1.165) is 12.8 Å². The molecule has 0 bridgehead atoms. The first-order valence-electron chi connectivity index (χ1n) is 5.22. The largest absolute Gasteiger partial charge is 0.399 e. The molecule has 0 aromatic heterocycles. The number of halogens is 1. The number of nitrogens with two attached hydrogens (primary N) is 1. The Morgan fingerprint density at radius 3 is 2.87 bits per heavy atom. The second kappa shape index (κ2) is 3.86. The summed E-state index contributed by atoms with van der Waals surface area (Å²) in [5.41, 5.74) is 6.79. The van der Waals surface area contributed by atoms with Crippen molar-refractivity contribution in [1.82, 2.24) is 0 Å². The van der Waals surface area contributed by atoms with Gasteiger partial charge < -0.3 is 5.73 Å². The standard InChI is InChI=1S/C12H14ClNO/c1-2-7-5-10(7)12(15)9-4-3-8(14)6-11(9)13/h3-4,6-7,10H,2,5,14H2,1H3/t7-,10-/m1/s1. The summed E-state index contributed by atoms with van der Waals surface area (Å²) in [6.07, 6.45) is 2.08. The number of carbonyl (C=O) groups is 1. The van der Waals surface area contributed by atoms with Crippen LogP contribution in [0.2, 0.25) is 5.02 Å². The van der Waals surface area contributed by atoms with Crippen LogP contribution in [0.15, 0.2) is 18.2 Å². The third-order valence-electron chi connectivity index (χ3n) is 3.04. The molecule has 1 aliphatic rings. The maximum Gasteiger partial charge on any atom is 0.167 e. The number of carbonyl (C=O) groups excluding carboxylic acids is 1. The van der Waals surface area contributed by atoms with Crippen LogP contribution in [0.25, 0.3) is 0 Å². The van der Waals surface area contributed by atoms with E-state index in [-0.39, 0.29) is 11.7 Å². The van der Waals surface area contributed by atoms with Crippen molar-refractivity contribution in [1.29, 1.82) is 0 Å². The number of Topliss-reactive ketones (excluding diaryl/α,β-unsaturated/α-hetero) is 1. The van der Waals surface area contributed by atoms with Crippen LogP contribution in [0.1, 0.15) is 30.1 Å². The Hall–Kier alpha value is -1.02. The zero-order valence-corrected chi connectivity index (χ0v) is 9.42. The molecule has 0 aliphatic heterocycles. The van der Waals surface area contributed by atoms with Crippen molar-refractivity contribution in [2.45, 2.75) is 19.8 Å².